The van der Waals surface area contributed by atoms with Gasteiger partial charge < -0.3 is 5.11 Å². The largest absolute Gasteiger partial charge is 0.391 e. The number of rotatable bonds is 4. The highest BCUT2D eigenvalue weighted by molar-refractivity contribution is 7.89. The topological polar surface area (TPSA) is 79.3 Å². The van der Waals surface area contributed by atoms with Gasteiger partial charge in [-0.3, -0.25) is 0 Å². The normalized spacial score (nSPS) is 14.6. The number of halogens is 1. The predicted octanol–water partition coefficient (Wildman–Crippen LogP) is 1.17. The van der Waals surface area contributed by atoms with Crippen LogP contribution in [-0.2, 0) is 10.0 Å². The average molecular weight is 279 g/mol. The lowest BCUT2D eigenvalue weighted by Gasteiger charge is -2.28. The second-order valence-electron chi connectivity index (χ2n) is 4.32. The van der Waals surface area contributed by atoms with Crippen LogP contribution in [0.5, 0.6) is 0 Å². The molecule has 0 saturated heterocycles. The third-order valence-electron chi connectivity index (χ3n) is 2.45. The fourth-order valence-electron chi connectivity index (χ4n) is 1.01. The molecule has 96 valence electrons. The molecule has 7 heteroatoms. The Labute approximate surface area is 106 Å². The van der Waals surface area contributed by atoms with Crippen LogP contribution in [0.1, 0.15) is 20.8 Å². The maximum Gasteiger partial charge on any atom is 0.242 e. The Hall–Kier alpha value is -0.690. The van der Waals surface area contributed by atoms with Crippen molar-refractivity contribution in [3.8, 4) is 0 Å². The summed E-state index contributed by atoms with van der Waals surface area (Å²) >= 11 is 5.58. The molecule has 1 rings (SSSR count). The number of aromatic nitrogens is 1. The van der Waals surface area contributed by atoms with Crippen molar-refractivity contribution in [2.75, 3.05) is 0 Å². The van der Waals surface area contributed by atoms with Crippen molar-refractivity contribution in [1.82, 2.24) is 9.71 Å². The van der Waals surface area contributed by atoms with Crippen molar-refractivity contribution in [3.63, 3.8) is 0 Å². The lowest BCUT2D eigenvalue weighted by molar-refractivity contribution is 0.111. The van der Waals surface area contributed by atoms with Crippen molar-refractivity contribution in [2.45, 2.75) is 37.3 Å². The van der Waals surface area contributed by atoms with E-state index in [0.717, 1.165) is 0 Å². The third-order valence-corrected chi connectivity index (χ3v) is 4.33. The molecule has 0 aliphatic carbocycles. The van der Waals surface area contributed by atoms with Gasteiger partial charge in [-0.05, 0) is 32.9 Å². The first-order valence-corrected chi connectivity index (χ1v) is 6.85. The Kier molecular flexibility index (Phi) is 4.14. The van der Waals surface area contributed by atoms with E-state index in [4.69, 9.17) is 11.6 Å². The molecule has 1 unspecified atom stereocenters. The van der Waals surface area contributed by atoms with Crippen molar-refractivity contribution < 1.29 is 13.5 Å². The Morgan fingerprint density at radius 1 is 1.47 bits per heavy atom. The molecular weight excluding hydrogens is 264 g/mol. The van der Waals surface area contributed by atoms with Crippen LogP contribution in [-0.4, -0.2) is 30.2 Å². The summed E-state index contributed by atoms with van der Waals surface area (Å²) in [5, 5.41) is 9.69. The molecule has 0 aromatic carbocycles. The number of nitrogens with one attached hydrogen (secondary N) is 1. The van der Waals surface area contributed by atoms with Crippen LogP contribution in [0.4, 0.5) is 0 Å². The molecule has 2 N–H and O–H groups in total. The summed E-state index contributed by atoms with van der Waals surface area (Å²) in [5.41, 5.74) is -0.960. The maximum atomic E-state index is 12.0. The molecule has 0 saturated carbocycles. The Bertz CT molecular complexity index is 483. The molecule has 17 heavy (non-hydrogen) atoms. The van der Waals surface area contributed by atoms with E-state index in [-0.39, 0.29) is 10.0 Å². The van der Waals surface area contributed by atoms with Gasteiger partial charge in [0.15, 0.2) is 0 Å². The van der Waals surface area contributed by atoms with Crippen LogP contribution in [0.25, 0.3) is 0 Å². The van der Waals surface area contributed by atoms with Crippen molar-refractivity contribution in [1.29, 1.82) is 0 Å². The first kappa shape index (κ1) is 14.4. The summed E-state index contributed by atoms with van der Waals surface area (Å²) in [6.07, 6.45) is 0.348. The Morgan fingerprint density at radius 3 is 2.47 bits per heavy atom. The molecule has 1 atom stereocenters. The molecule has 0 aliphatic rings. The first-order valence-electron chi connectivity index (χ1n) is 4.99. The quantitative estimate of drug-likeness (QED) is 0.811. The smallest absolute Gasteiger partial charge is 0.242 e. The third kappa shape index (κ3) is 3.64. The molecule has 5 nitrogen and oxygen atoms in total. The zero-order valence-electron chi connectivity index (χ0n) is 9.81. The van der Waals surface area contributed by atoms with Crippen LogP contribution in [0.3, 0.4) is 0 Å². The van der Waals surface area contributed by atoms with E-state index < -0.39 is 21.7 Å². The first-order chi connectivity index (χ1) is 7.65. The lowest BCUT2D eigenvalue weighted by Crippen LogP contribution is -2.50. The second kappa shape index (κ2) is 4.89. The second-order valence-corrected chi connectivity index (χ2v) is 6.39. The van der Waals surface area contributed by atoms with Crippen molar-refractivity contribution >= 4 is 21.6 Å². The van der Waals surface area contributed by atoms with Crippen molar-refractivity contribution in [3.05, 3.63) is 23.5 Å². The summed E-state index contributed by atoms with van der Waals surface area (Å²) < 4.78 is 26.3. The molecule has 1 heterocycles. The molecule has 0 aliphatic heterocycles. The highest BCUT2D eigenvalue weighted by atomic mass is 35.5. The maximum absolute atomic E-state index is 12.0. The van der Waals surface area contributed by atoms with Crippen LogP contribution in [0.15, 0.2) is 23.2 Å². The standard InChI is InChI=1S/C10H15ClN2O3S/c1-7(14)10(2,3)13-17(15,16)8-4-5-9(11)12-6-8/h4-7,13-14H,1-3H3. The number of sulfonamides is 1. The van der Waals surface area contributed by atoms with E-state index in [2.05, 4.69) is 9.71 Å². The molecule has 0 spiro atoms. The van der Waals surface area contributed by atoms with Gasteiger partial charge in [-0.25, -0.2) is 18.1 Å². The van der Waals surface area contributed by atoms with Gasteiger partial charge in [0.2, 0.25) is 10.0 Å². The van der Waals surface area contributed by atoms with Gasteiger partial charge >= 0.3 is 0 Å². The number of pyridine rings is 1. The Balaban J connectivity index is 3.01. The minimum atomic E-state index is -3.71. The fourth-order valence-corrected chi connectivity index (χ4v) is 2.54. The fraction of sp³-hybridized carbons (Fsp3) is 0.500. The highest BCUT2D eigenvalue weighted by Crippen LogP contribution is 2.16. The van der Waals surface area contributed by atoms with E-state index in [0.29, 0.717) is 0 Å². The molecule has 0 fully saturated rings. The predicted molar refractivity (Wildman–Crippen MR) is 65.3 cm³/mol. The summed E-state index contributed by atoms with van der Waals surface area (Å²) in [6.45, 7) is 4.71. The summed E-state index contributed by atoms with van der Waals surface area (Å²) in [7, 11) is -3.71. The zero-order chi connectivity index (χ0) is 13.3. The zero-order valence-corrected chi connectivity index (χ0v) is 11.4. The molecule has 1 aromatic heterocycles. The lowest BCUT2D eigenvalue weighted by atomic mass is 10.0. The van der Waals surface area contributed by atoms with E-state index >= 15 is 0 Å². The summed E-state index contributed by atoms with van der Waals surface area (Å²) in [6, 6.07) is 2.75. The van der Waals surface area contributed by atoms with Crippen LogP contribution < -0.4 is 4.72 Å². The van der Waals surface area contributed by atoms with E-state index in [1.807, 2.05) is 0 Å². The number of nitrogens with zero attached hydrogens (tertiary/aromatic N) is 1. The van der Waals surface area contributed by atoms with Crippen LogP contribution in [0, 0.1) is 0 Å². The number of aliphatic hydroxyl groups excluding tert-OH is 1. The van der Waals surface area contributed by atoms with Gasteiger partial charge in [0.25, 0.3) is 0 Å². The molecule has 0 radical (unpaired) electrons. The monoisotopic (exact) mass is 278 g/mol. The van der Waals surface area contributed by atoms with Crippen LogP contribution in [0.2, 0.25) is 5.15 Å². The van der Waals surface area contributed by atoms with E-state index in [1.54, 1.807) is 13.8 Å². The molecule has 0 bridgehead atoms. The van der Waals surface area contributed by atoms with E-state index in [1.165, 1.54) is 25.3 Å². The number of hydrogen-bond donors (Lipinski definition) is 2. The minimum Gasteiger partial charge on any atom is -0.391 e. The molecule has 1 aromatic rings. The Morgan fingerprint density at radius 2 is 2.06 bits per heavy atom. The SMILES string of the molecule is CC(O)C(C)(C)NS(=O)(=O)c1ccc(Cl)nc1. The number of aliphatic hydroxyl groups is 1. The minimum absolute atomic E-state index is 0.00984. The van der Waals surface area contributed by atoms with Crippen molar-refractivity contribution in [2.24, 2.45) is 0 Å². The van der Waals surface area contributed by atoms with E-state index in [9.17, 15) is 13.5 Å². The van der Waals surface area contributed by atoms with Gasteiger partial charge in [0, 0.05) is 6.20 Å². The van der Waals surface area contributed by atoms with Gasteiger partial charge in [-0.15, -0.1) is 0 Å². The van der Waals surface area contributed by atoms with Gasteiger partial charge in [-0.1, -0.05) is 11.6 Å². The molecular formula is C10H15ClN2O3S. The van der Waals surface area contributed by atoms with Crippen LogP contribution >= 0.6 is 11.6 Å². The summed E-state index contributed by atoms with van der Waals surface area (Å²) in [5.74, 6) is 0. The average Bonchev–Trinajstić information content (AvgIpc) is 2.16. The van der Waals surface area contributed by atoms with Gasteiger partial charge in [-0.2, -0.15) is 0 Å². The highest BCUT2D eigenvalue weighted by Gasteiger charge is 2.30. The van der Waals surface area contributed by atoms with Gasteiger partial charge in [0.1, 0.15) is 10.0 Å². The molecule has 0 amide bonds. The van der Waals surface area contributed by atoms with Gasteiger partial charge in [0.05, 0.1) is 11.6 Å². The number of hydrogen-bond acceptors (Lipinski definition) is 4. The summed E-state index contributed by atoms with van der Waals surface area (Å²) in [4.78, 5) is 3.71.